The third-order valence-corrected chi connectivity index (χ3v) is 7.36. The van der Waals surface area contributed by atoms with E-state index in [0.29, 0.717) is 25.4 Å². The molecular weight excluding hydrogens is 380 g/mol. The van der Waals surface area contributed by atoms with Crippen molar-refractivity contribution in [2.45, 2.75) is 39.5 Å². The van der Waals surface area contributed by atoms with Gasteiger partial charge in [0.2, 0.25) is 11.8 Å². The van der Waals surface area contributed by atoms with Gasteiger partial charge in [-0.1, -0.05) is 37.3 Å². The maximum atomic E-state index is 13.1. The van der Waals surface area contributed by atoms with Crippen LogP contribution < -0.4 is 5.32 Å². The number of piperidine rings is 1. The summed E-state index contributed by atoms with van der Waals surface area (Å²) in [5.74, 6) is 1.00. The summed E-state index contributed by atoms with van der Waals surface area (Å²) in [6.07, 6.45) is 3.38. The molecule has 2 heterocycles. The highest BCUT2D eigenvalue weighted by atomic mass is 32.1. The molecule has 2 aromatic rings. The number of rotatable bonds is 6. The van der Waals surface area contributed by atoms with Gasteiger partial charge in [-0.05, 0) is 61.1 Å². The second kappa shape index (κ2) is 8.31. The molecule has 0 spiro atoms. The molecule has 3 atom stereocenters. The third-order valence-electron chi connectivity index (χ3n) is 6.44. The number of benzene rings is 1. The first kappa shape index (κ1) is 20.1. The zero-order valence-corrected chi connectivity index (χ0v) is 18.1. The van der Waals surface area contributed by atoms with Crippen LogP contribution in [0.25, 0.3) is 10.4 Å². The molecule has 154 valence electrons. The third kappa shape index (κ3) is 4.25. The van der Waals surface area contributed by atoms with Crippen molar-refractivity contribution in [3.05, 3.63) is 47.3 Å². The van der Waals surface area contributed by atoms with Gasteiger partial charge in [-0.25, -0.2) is 0 Å². The van der Waals surface area contributed by atoms with Gasteiger partial charge in [0.15, 0.2) is 0 Å². The topological polar surface area (TPSA) is 49.4 Å². The Morgan fingerprint density at radius 2 is 2.00 bits per heavy atom. The van der Waals surface area contributed by atoms with Crippen molar-refractivity contribution in [3.63, 3.8) is 0 Å². The molecule has 0 bridgehead atoms. The summed E-state index contributed by atoms with van der Waals surface area (Å²) < 4.78 is 0. The average molecular weight is 411 g/mol. The van der Waals surface area contributed by atoms with Crippen LogP contribution in [0.15, 0.2) is 41.8 Å². The molecule has 1 aromatic heterocycles. The molecule has 4 nitrogen and oxygen atoms in total. The molecule has 1 N–H and O–H groups in total. The number of nitrogens with one attached hydrogen (secondary N) is 1. The van der Waals surface area contributed by atoms with Crippen LogP contribution in [0.1, 0.15) is 38.7 Å². The summed E-state index contributed by atoms with van der Waals surface area (Å²) >= 11 is 1.73. The molecule has 2 fully saturated rings. The minimum Gasteiger partial charge on any atom is -0.356 e. The molecule has 4 rings (SSSR count). The lowest BCUT2D eigenvalue weighted by Gasteiger charge is -2.42. The average Bonchev–Trinajstić information content (AvgIpc) is 3.22. The van der Waals surface area contributed by atoms with Crippen LogP contribution in [0.3, 0.4) is 0 Å². The first-order valence-corrected chi connectivity index (χ1v) is 11.6. The molecular formula is C24H30N2O2S. The predicted molar refractivity (Wildman–Crippen MR) is 118 cm³/mol. The summed E-state index contributed by atoms with van der Waals surface area (Å²) in [6, 6.07) is 12.7. The highest BCUT2D eigenvalue weighted by Gasteiger charge is 2.47. The number of carbonyl (C=O) groups is 2. The number of nitrogens with zero attached hydrogens (tertiary/aromatic N) is 1. The van der Waals surface area contributed by atoms with Gasteiger partial charge in [-0.15, -0.1) is 11.3 Å². The van der Waals surface area contributed by atoms with Gasteiger partial charge in [0.25, 0.3) is 0 Å². The van der Waals surface area contributed by atoms with E-state index in [1.54, 1.807) is 11.3 Å². The second-order valence-corrected chi connectivity index (χ2v) is 9.62. The van der Waals surface area contributed by atoms with Crippen LogP contribution in [-0.2, 0) is 16.0 Å². The molecule has 2 aliphatic rings. The Balaban J connectivity index is 1.54. The standard InChI is InChI=1S/C24H30N2O2S/c1-3-25-23(28)24(11-5-12-26(16-24)22(27)20-14-17(20)2)15-18-7-9-19(10-8-18)21-6-4-13-29-21/h4,6-10,13,17,20H,3,5,11-12,14-16H2,1-2H3,(H,25,28). The number of hydrogen-bond acceptors (Lipinski definition) is 3. The van der Waals surface area contributed by atoms with Gasteiger partial charge in [-0.3, -0.25) is 9.59 Å². The molecule has 0 radical (unpaired) electrons. The Morgan fingerprint density at radius 3 is 2.62 bits per heavy atom. The Hall–Kier alpha value is -2.14. The van der Waals surface area contributed by atoms with Crippen molar-refractivity contribution >= 4 is 23.2 Å². The van der Waals surface area contributed by atoms with Gasteiger partial charge in [0.1, 0.15) is 0 Å². The van der Waals surface area contributed by atoms with E-state index in [2.05, 4.69) is 54.0 Å². The van der Waals surface area contributed by atoms with E-state index in [1.165, 1.54) is 10.4 Å². The van der Waals surface area contributed by atoms with Crippen LogP contribution >= 0.6 is 11.3 Å². The fraction of sp³-hybridized carbons (Fsp3) is 0.500. The number of likely N-dealkylation sites (tertiary alicyclic amines) is 1. The molecule has 1 saturated carbocycles. The van der Waals surface area contributed by atoms with Crippen molar-refractivity contribution in [3.8, 4) is 10.4 Å². The monoisotopic (exact) mass is 410 g/mol. The molecule has 3 unspecified atom stereocenters. The van der Waals surface area contributed by atoms with E-state index < -0.39 is 5.41 Å². The van der Waals surface area contributed by atoms with Crippen molar-refractivity contribution in [1.82, 2.24) is 10.2 Å². The normalized spacial score (nSPS) is 26.2. The lowest BCUT2D eigenvalue weighted by Crippen LogP contribution is -2.54. The van der Waals surface area contributed by atoms with Crippen LogP contribution in [0.2, 0.25) is 0 Å². The zero-order valence-electron chi connectivity index (χ0n) is 17.3. The van der Waals surface area contributed by atoms with Gasteiger partial charge in [-0.2, -0.15) is 0 Å². The number of thiophene rings is 1. The summed E-state index contributed by atoms with van der Waals surface area (Å²) in [5.41, 5.74) is 1.83. The van der Waals surface area contributed by atoms with Gasteiger partial charge in [0.05, 0.1) is 5.41 Å². The van der Waals surface area contributed by atoms with E-state index in [0.717, 1.165) is 31.4 Å². The van der Waals surface area contributed by atoms with Gasteiger partial charge < -0.3 is 10.2 Å². The van der Waals surface area contributed by atoms with Crippen molar-refractivity contribution in [2.24, 2.45) is 17.3 Å². The highest BCUT2D eigenvalue weighted by Crippen LogP contribution is 2.42. The summed E-state index contributed by atoms with van der Waals surface area (Å²) in [7, 11) is 0. The smallest absolute Gasteiger partial charge is 0.228 e. The fourth-order valence-electron chi connectivity index (χ4n) is 4.60. The van der Waals surface area contributed by atoms with E-state index in [-0.39, 0.29) is 17.7 Å². The quantitative estimate of drug-likeness (QED) is 0.769. The fourth-order valence-corrected chi connectivity index (χ4v) is 5.33. The minimum atomic E-state index is -0.535. The van der Waals surface area contributed by atoms with E-state index in [1.807, 2.05) is 11.8 Å². The van der Waals surface area contributed by atoms with Crippen molar-refractivity contribution < 1.29 is 9.59 Å². The van der Waals surface area contributed by atoms with Crippen LogP contribution in [0, 0.1) is 17.3 Å². The molecule has 5 heteroatoms. The Labute approximate surface area is 177 Å². The summed E-state index contributed by atoms with van der Waals surface area (Å²) in [5, 5.41) is 5.13. The lowest BCUT2D eigenvalue weighted by molar-refractivity contribution is -0.142. The molecule has 29 heavy (non-hydrogen) atoms. The SMILES string of the molecule is CCNC(=O)C1(Cc2ccc(-c3cccs3)cc2)CCCN(C(=O)C2CC2C)C1. The maximum Gasteiger partial charge on any atom is 0.228 e. The molecule has 2 amide bonds. The molecule has 1 aliphatic carbocycles. The maximum absolute atomic E-state index is 13.1. The molecule has 1 aromatic carbocycles. The number of hydrogen-bond donors (Lipinski definition) is 1. The molecule has 1 saturated heterocycles. The highest BCUT2D eigenvalue weighted by molar-refractivity contribution is 7.13. The van der Waals surface area contributed by atoms with Gasteiger partial charge >= 0.3 is 0 Å². The van der Waals surface area contributed by atoms with Gasteiger partial charge in [0, 0.05) is 30.4 Å². The Morgan fingerprint density at radius 1 is 1.24 bits per heavy atom. The number of carbonyl (C=O) groups excluding carboxylic acids is 2. The van der Waals surface area contributed by atoms with E-state index >= 15 is 0 Å². The van der Waals surface area contributed by atoms with E-state index in [9.17, 15) is 9.59 Å². The van der Waals surface area contributed by atoms with E-state index in [4.69, 9.17) is 0 Å². The zero-order chi connectivity index (χ0) is 20.4. The largest absolute Gasteiger partial charge is 0.356 e. The minimum absolute atomic E-state index is 0.0867. The number of amides is 2. The summed E-state index contributed by atoms with van der Waals surface area (Å²) in [4.78, 5) is 29.2. The van der Waals surface area contributed by atoms with Crippen molar-refractivity contribution in [1.29, 1.82) is 0 Å². The first-order chi connectivity index (χ1) is 14.0. The second-order valence-electron chi connectivity index (χ2n) is 8.67. The summed E-state index contributed by atoms with van der Waals surface area (Å²) in [6.45, 7) is 6.03. The van der Waals surface area contributed by atoms with Crippen LogP contribution in [0.5, 0.6) is 0 Å². The van der Waals surface area contributed by atoms with Crippen LogP contribution in [-0.4, -0.2) is 36.3 Å². The predicted octanol–water partition coefficient (Wildman–Crippen LogP) is 4.36. The van der Waals surface area contributed by atoms with Crippen molar-refractivity contribution in [2.75, 3.05) is 19.6 Å². The first-order valence-electron chi connectivity index (χ1n) is 10.7. The van der Waals surface area contributed by atoms with Crippen LogP contribution in [0.4, 0.5) is 0 Å². The lowest BCUT2D eigenvalue weighted by atomic mass is 9.74. The molecule has 1 aliphatic heterocycles. The Kier molecular flexibility index (Phi) is 5.77. The Bertz CT molecular complexity index is 862.